The van der Waals surface area contributed by atoms with Crippen molar-refractivity contribution in [2.45, 2.75) is 45.6 Å². The molecule has 4 heteroatoms. The quantitative estimate of drug-likeness (QED) is 0.428. The molecule has 0 radical (unpaired) electrons. The fourth-order valence-corrected chi connectivity index (χ4v) is 2.64. The van der Waals surface area contributed by atoms with Crippen LogP contribution in [0.25, 0.3) is 0 Å². The Morgan fingerprint density at radius 1 is 1.33 bits per heavy atom. The Bertz CT molecular complexity index is 392. The van der Waals surface area contributed by atoms with Crippen LogP contribution in [0.2, 0.25) is 0 Å². The SMILES string of the molecule is CC(C)(C)OC(=O)C1CCC2=C(C1)CN(C=O)C2. The van der Waals surface area contributed by atoms with Crippen molar-refractivity contribution < 1.29 is 14.3 Å². The molecule has 1 unspecified atom stereocenters. The first-order valence-electron chi connectivity index (χ1n) is 6.51. The van der Waals surface area contributed by atoms with Crippen LogP contribution >= 0.6 is 0 Å². The molecule has 0 fully saturated rings. The first-order valence-corrected chi connectivity index (χ1v) is 6.51. The zero-order valence-corrected chi connectivity index (χ0v) is 11.4. The lowest BCUT2D eigenvalue weighted by Crippen LogP contribution is -2.30. The van der Waals surface area contributed by atoms with Gasteiger partial charge in [0.1, 0.15) is 5.60 Å². The first kappa shape index (κ1) is 13.1. The minimum Gasteiger partial charge on any atom is -0.460 e. The van der Waals surface area contributed by atoms with E-state index in [0.717, 1.165) is 32.2 Å². The summed E-state index contributed by atoms with van der Waals surface area (Å²) < 4.78 is 5.43. The van der Waals surface area contributed by atoms with Gasteiger partial charge >= 0.3 is 5.97 Å². The molecule has 1 atom stereocenters. The van der Waals surface area contributed by atoms with E-state index in [-0.39, 0.29) is 11.9 Å². The topological polar surface area (TPSA) is 46.6 Å². The zero-order chi connectivity index (χ0) is 13.3. The number of nitrogens with zero attached hydrogens (tertiary/aromatic N) is 1. The zero-order valence-electron chi connectivity index (χ0n) is 11.4. The van der Waals surface area contributed by atoms with E-state index in [1.807, 2.05) is 20.8 Å². The van der Waals surface area contributed by atoms with Gasteiger partial charge in [-0.25, -0.2) is 0 Å². The number of hydrogen-bond acceptors (Lipinski definition) is 3. The number of rotatable bonds is 2. The van der Waals surface area contributed by atoms with Gasteiger partial charge < -0.3 is 9.64 Å². The summed E-state index contributed by atoms with van der Waals surface area (Å²) in [6, 6.07) is 0. The third kappa shape index (κ3) is 2.92. The Morgan fingerprint density at radius 2 is 2.00 bits per heavy atom. The highest BCUT2D eigenvalue weighted by Crippen LogP contribution is 2.35. The van der Waals surface area contributed by atoms with Crippen molar-refractivity contribution in [3.8, 4) is 0 Å². The number of carbonyl (C=O) groups excluding carboxylic acids is 2. The van der Waals surface area contributed by atoms with E-state index in [9.17, 15) is 9.59 Å². The summed E-state index contributed by atoms with van der Waals surface area (Å²) >= 11 is 0. The highest BCUT2D eigenvalue weighted by molar-refractivity contribution is 5.74. The summed E-state index contributed by atoms with van der Waals surface area (Å²) in [6.07, 6.45) is 3.42. The van der Waals surface area contributed by atoms with Crippen molar-refractivity contribution in [3.05, 3.63) is 11.1 Å². The van der Waals surface area contributed by atoms with E-state index in [2.05, 4.69) is 0 Å². The van der Waals surface area contributed by atoms with Gasteiger partial charge in [-0.05, 0) is 51.2 Å². The number of hydrogen-bond donors (Lipinski definition) is 0. The number of ether oxygens (including phenoxy) is 1. The maximum absolute atomic E-state index is 12.0. The van der Waals surface area contributed by atoms with Crippen LogP contribution in [0.1, 0.15) is 40.0 Å². The molecule has 0 saturated heterocycles. The summed E-state index contributed by atoms with van der Waals surface area (Å²) in [5, 5.41) is 0. The Balaban J connectivity index is 1.96. The van der Waals surface area contributed by atoms with Crippen LogP contribution in [0, 0.1) is 5.92 Å². The molecule has 18 heavy (non-hydrogen) atoms. The Kier molecular flexibility index (Phi) is 3.46. The molecule has 0 N–H and O–H groups in total. The monoisotopic (exact) mass is 251 g/mol. The van der Waals surface area contributed by atoms with E-state index in [0.29, 0.717) is 6.54 Å². The fraction of sp³-hybridized carbons (Fsp3) is 0.714. The molecule has 1 aliphatic carbocycles. The third-order valence-electron chi connectivity index (χ3n) is 3.46. The van der Waals surface area contributed by atoms with Gasteiger partial charge in [-0.1, -0.05) is 0 Å². The van der Waals surface area contributed by atoms with Crippen molar-refractivity contribution in [3.63, 3.8) is 0 Å². The minimum atomic E-state index is -0.420. The second kappa shape index (κ2) is 4.75. The highest BCUT2D eigenvalue weighted by atomic mass is 16.6. The van der Waals surface area contributed by atoms with Crippen LogP contribution in [0.4, 0.5) is 0 Å². The van der Waals surface area contributed by atoms with Crippen LogP contribution < -0.4 is 0 Å². The minimum absolute atomic E-state index is 0.0328. The lowest BCUT2D eigenvalue weighted by Gasteiger charge is -2.26. The average molecular weight is 251 g/mol. The molecule has 1 amide bonds. The fourth-order valence-electron chi connectivity index (χ4n) is 2.64. The van der Waals surface area contributed by atoms with E-state index in [1.165, 1.54) is 11.1 Å². The van der Waals surface area contributed by atoms with E-state index in [1.54, 1.807) is 4.90 Å². The van der Waals surface area contributed by atoms with E-state index >= 15 is 0 Å². The van der Waals surface area contributed by atoms with Crippen LogP contribution in [0.5, 0.6) is 0 Å². The molecule has 0 saturated carbocycles. The molecule has 2 aliphatic rings. The number of carbonyl (C=O) groups is 2. The predicted octanol–water partition coefficient (Wildman–Crippen LogP) is 1.90. The standard InChI is InChI=1S/C14H21NO3/c1-14(2,3)18-13(17)10-4-5-11-7-15(9-16)8-12(11)6-10/h9-10H,4-8H2,1-3H3. The molecule has 100 valence electrons. The van der Waals surface area contributed by atoms with E-state index in [4.69, 9.17) is 4.74 Å². The van der Waals surface area contributed by atoms with Gasteiger partial charge in [0.2, 0.25) is 6.41 Å². The van der Waals surface area contributed by atoms with Gasteiger partial charge in [0.15, 0.2) is 0 Å². The third-order valence-corrected chi connectivity index (χ3v) is 3.46. The second-order valence-corrected chi connectivity index (χ2v) is 6.19. The van der Waals surface area contributed by atoms with Gasteiger partial charge in [0, 0.05) is 13.1 Å². The largest absolute Gasteiger partial charge is 0.460 e. The molecule has 0 aromatic carbocycles. The number of esters is 1. The Morgan fingerprint density at radius 3 is 2.61 bits per heavy atom. The van der Waals surface area contributed by atoms with Gasteiger partial charge in [-0.15, -0.1) is 0 Å². The normalized spacial score (nSPS) is 23.9. The maximum Gasteiger partial charge on any atom is 0.309 e. The molecular weight excluding hydrogens is 230 g/mol. The molecule has 2 rings (SSSR count). The van der Waals surface area contributed by atoms with Gasteiger partial charge in [-0.3, -0.25) is 9.59 Å². The average Bonchev–Trinajstić information content (AvgIpc) is 2.68. The molecular formula is C14H21NO3. The van der Waals surface area contributed by atoms with Crippen LogP contribution in [-0.4, -0.2) is 36.0 Å². The Labute approximate surface area is 108 Å². The first-order chi connectivity index (χ1) is 8.39. The van der Waals surface area contributed by atoms with Crippen LogP contribution in [-0.2, 0) is 14.3 Å². The summed E-state index contributed by atoms with van der Waals surface area (Å²) in [6.45, 7) is 7.12. The summed E-state index contributed by atoms with van der Waals surface area (Å²) in [5.41, 5.74) is 2.20. The van der Waals surface area contributed by atoms with Crippen molar-refractivity contribution >= 4 is 12.4 Å². The summed E-state index contributed by atoms with van der Waals surface area (Å²) in [4.78, 5) is 24.6. The number of amides is 1. The smallest absolute Gasteiger partial charge is 0.309 e. The molecule has 1 aliphatic heterocycles. The van der Waals surface area contributed by atoms with Crippen molar-refractivity contribution in [2.24, 2.45) is 5.92 Å². The molecule has 0 bridgehead atoms. The van der Waals surface area contributed by atoms with Gasteiger partial charge in [-0.2, -0.15) is 0 Å². The second-order valence-electron chi connectivity index (χ2n) is 6.19. The maximum atomic E-state index is 12.0. The molecule has 1 heterocycles. The van der Waals surface area contributed by atoms with Crippen molar-refractivity contribution in [2.75, 3.05) is 13.1 Å². The van der Waals surface area contributed by atoms with Crippen molar-refractivity contribution in [1.82, 2.24) is 4.90 Å². The molecule has 0 aromatic heterocycles. The predicted molar refractivity (Wildman–Crippen MR) is 67.8 cm³/mol. The molecule has 0 spiro atoms. The van der Waals surface area contributed by atoms with Crippen LogP contribution in [0.15, 0.2) is 11.1 Å². The lowest BCUT2D eigenvalue weighted by molar-refractivity contribution is -0.160. The van der Waals surface area contributed by atoms with Crippen LogP contribution in [0.3, 0.4) is 0 Å². The lowest BCUT2D eigenvalue weighted by atomic mass is 9.85. The molecule has 0 aromatic rings. The summed E-state index contributed by atoms with van der Waals surface area (Å²) in [7, 11) is 0. The summed E-state index contributed by atoms with van der Waals surface area (Å²) in [5.74, 6) is -0.131. The van der Waals surface area contributed by atoms with Gasteiger partial charge in [0.25, 0.3) is 0 Å². The highest BCUT2D eigenvalue weighted by Gasteiger charge is 2.33. The van der Waals surface area contributed by atoms with E-state index < -0.39 is 5.60 Å². The molecule has 4 nitrogen and oxygen atoms in total. The van der Waals surface area contributed by atoms with Gasteiger partial charge in [0.05, 0.1) is 5.92 Å². The Hall–Kier alpha value is -1.32. The van der Waals surface area contributed by atoms with Crippen molar-refractivity contribution in [1.29, 1.82) is 0 Å².